The maximum atomic E-state index is 5.48. The molecule has 2 rings (SSSR count). The average molecular weight is 241 g/mol. The highest BCUT2D eigenvalue weighted by Crippen LogP contribution is 2.24. The molecule has 3 nitrogen and oxygen atoms in total. The van der Waals surface area contributed by atoms with E-state index in [2.05, 4.69) is 30.7 Å². The third-order valence-electron chi connectivity index (χ3n) is 1.64. The minimum absolute atomic E-state index is 0.133. The van der Waals surface area contributed by atoms with Crippen LogP contribution >= 0.6 is 22.7 Å². The zero-order valence-electron chi connectivity index (χ0n) is 9.10. The molecule has 15 heavy (non-hydrogen) atoms. The predicted molar refractivity (Wildman–Crippen MR) is 67.3 cm³/mol. The van der Waals surface area contributed by atoms with Gasteiger partial charge in [0.05, 0.1) is 11.2 Å². The van der Waals surface area contributed by atoms with Crippen LogP contribution in [0.1, 0.15) is 26.5 Å². The molecule has 0 aliphatic heterocycles. The molecule has 0 saturated heterocycles. The van der Waals surface area contributed by atoms with Crippen molar-refractivity contribution in [1.29, 1.82) is 0 Å². The second-order valence-corrected chi connectivity index (χ2v) is 5.64. The van der Waals surface area contributed by atoms with Crippen molar-refractivity contribution in [3.05, 3.63) is 28.2 Å². The number of nitrogens with two attached hydrogens (primary N) is 1. The van der Waals surface area contributed by atoms with E-state index >= 15 is 0 Å². The summed E-state index contributed by atoms with van der Waals surface area (Å²) in [5.74, 6) is 0. The first-order chi connectivity index (χ1) is 7.00. The zero-order chi connectivity index (χ0) is 11.3. The Bertz CT molecular complexity index is 356. The van der Waals surface area contributed by atoms with Gasteiger partial charge in [-0.25, -0.2) is 4.98 Å². The largest absolute Gasteiger partial charge is 0.375 e. The molecule has 0 unspecified atom stereocenters. The van der Waals surface area contributed by atoms with Gasteiger partial charge in [-0.15, -0.1) is 22.7 Å². The number of nitrogens with zero attached hydrogens (tertiary/aromatic N) is 2. The van der Waals surface area contributed by atoms with Crippen molar-refractivity contribution in [3.63, 3.8) is 0 Å². The summed E-state index contributed by atoms with van der Waals surface area (Å²) in [4.78, 5) is 7.92. The summed E-state index contributed by atoms with van der Waals surface area (Å²) in [6.07, 6.45) is 1.77. The predicted octanol–water partition coefficient (Wildman–Crippen LogP) is 3.17. The van der Waals surface area contributed by atoms with Crippen LogP contribution in [-0.2, 0) is 5.41 Å². The molecule has 82 valence electrons. The molecule has 0 spiro atoms. The zero-order valence-corrected chi connectivity index (χ0v) is 10.7. The first kappa shape index (κ1) is 12.1. The summed E-state index contributed by atoms with van der Waals surface area (Å²) < 4.78 is 0. The van der Waals surface area contributed by atoms with Crippen molar-refractivity contribution in [3.8, 4) is 0 Å². The Morgan fingerprint density at radius 3 is 2.27 bits per heavy atom. The van der Waals surface area contributed by atoms with E-state index in [0.717, 1.165) is 5.69 Å². The molecule has 0 fully saturated rings. The number of thiazole rings is 2. The van der Waals surface area contributed by atoms with Crippen molar-refractivity contribution in [2.24, 2.45) is 0 Å². The lowest BCUT2D eigenvalue weighted by Gasteiger charge is -2.13. The second kappa shape index (κ2) is 5.23. The highest BCUT2D eigenvalue weighted by atomic mass is 32.1. The van der Waals surface area contributed by atoms with Crippen LogP contribution in [0, 0.1) is 0 Å². The minimum atomic E-state index is 0.133. The number of anilines is 1. The van der Waals surface area contributed by atoms with Gasteiger partial charge in [-0.05, 0) is 0 Å². The van der Waals surface area contributed by atoms with Gasteiger partial charge in [0.15, 0.2) is 5.13 Å². The van der Waals surface area contributed by atoms with Gasteiger partial charge >= 0.3 is 0 Å². The van der Waals surface area contributed by atoms with Crippen molar-refractivity contribution < 1.29 is 0 Å². The van der Waals surface area contributed by atoms with Crippen LogP contribution in [0.25, 0.3) is 0 Å². The van der Waals surface area contributed by atoms with Crippen molar-refractivity contribution in [2.75, 3.05) is 5.73 Å². The molecule has 0 aromatic carbocycles. The molecule has 0 amide bonds. The standard InChI is InChI=1S/C7H12N2S.C3H3NS/c1-7(2,3)5-4-10-6(8)9-5;1-2-5-3-4-1/h4H,1-3H3,(H2,8,9);1-3H. The van der Waals surface area contributed by atoms with Gasteiger partial charge in [0, 0.05) is 22.4 Å². The maximum absolute atomic E-state index is 5.48. The van der Waals surface area contributed by atoms with Gasteiger partial charge < -0.3 is 5.73 Å². The fourth-order valence-electron chi connectivity index (χ4n) is 0.808. The molecule has 2 N–H and O–H groups in total. The van der Waals surface area contributed by atoms with Gasteiger partial charge in [-0.3, -0.25) is 4.98 Å². The van der Waals surface area contributed by atoms with Gasteiger partial charge in [-0.2, -0.15) is 0 Å². The number of aromatic nitrogens is 2. The molecule has 0 radical (unpaired) electrons. The molecule has 0 atom stereocenters. The molecule has 5 heteroatoms. The van der Waals surface area contributed by atoms with E-state index < -0.39 is 0 Å². The summed E-state index contributed by atoms with van der Waals surface area (Å²) in [7, 11) is 0. The average Bonchev–Trinajstić information content (AvgIpc) is 2.72. The quantitative estimate of drug-likeness (QED) is 0.770. The second-order valence-electron chi connectivity index (χ2n) is 4.00. The van der Waals surface area contributed by atoms with Crippen LogP contribution in [0.4, 0.5) is 5.13 Å². The van der Waals surface area contributed by atoms with Gasteiger partial charge in [0.1, 0.15) is 0 Å². The van der Waals surface area contributed by atoms with E-state index in [-0.39, 0.29) is 5.41 Å². The topological polar surface area (TPSA) is 51.8 Å². The van der Waals surface area contributed by atoms with Crippen LogP contribution in [0.5, 0.6) is 0 Å². The number of hydrogen-bond acceptors (Lipinski definition) is 5. The summed E-state index contributed by atoms with van der Waals surface area (Å²) in [5, 5.41) is 4.60. The Hall–Kier alpha value is -0.940. The lowest BCUT2D eigenvalue weighted by molar-refractivity contribution is 0.574. The van der Waals surface area contributed by atoms with E-state index in [1.54, 1.807) is 23.0 Å². The molecule has 2 aromatic rings. The summed E-state index contributed by atoms with van der Waals surface area (Å²) >= 11 is 3.10. The fraction of sp³-hybridized carbons (Fsp3) is 0.400. The van der Waals surface area contributed by atoms with Crippen LogP contribution in [0.15, 0.2) is 22.5 Å². The van der Waals surface area contributed by atoms with Crippen LogP contribution in [-0.4, -0.2) is 9.97 Å². The molecule has 0 saturated carbocycles. The van der Waals surface area contributed by atoms with E-state index in [9.17, 15) is 0 Å². The van der Waals surface area contributed by atoms with Crippen molar-refractivity contribution >= 4 is 27.8 Å². The third-order valence-corrected chi connectivity index (χ3v) is 2.83. The SMILES string of the molecule is CC(C)(C)c1csc(N)n1.c1cscn1. The van der Waals surface area contributed by atoms with E-state index in [0.29, 0.717) is 5.13 Å². The van der Waals surface area contributed by atoms with Gasteiger partial charge in [0.25, 0.3) is 0 Å². The van der Waals surface area contributed by atoms with Gasteiger partial charge in [0.2, 0.25) is 0 Å². The molecule has 2 heterocycles. The lowest BCUT2D eigenvalue weighted by Crippen LogP contribution is -2.11. The Morgan fingerprint density at radius 1 is 1.33 bits per heavy atom. The molecular formula is C10H15N3S2. The summed E-state index contributed by atoms with van der Waals surface area (Å²) in [6.45, 7) is 6.38. The first-order valence-corrected chi connectivity index (χ1v) is 6.36. The van der Waals surface area contributed by atoms with Gasteiger partial charge in [-0.1, -0.05) is 20.8 Å². The Labute approximate surface area is 98.0 Å². The molecule has 0 aliphatic carbocycles. The Kier molecular flexibility index (Phi) is 4.23. The lowest BCUT2D eigenvalue weighted by atomic mass is 9.93. The smallest absolute Gasteiger partial charge is 0.180 e. The Morgan fingerprint density at radius 2 is 2.07 bits per heavy atom. The third kappa shape index (κ3) is 4.40. The monoisotopic (exact) mass is 241 g/mol. The molecule has 0 bridgehead atoms. The fourth-order valence-corrected chi connectivity index (χ4v) is 1.95. The van der Waals surface area contributed by atoms with Crippen LogP contribution in [0.3, 0.4) is 0 Å². The normalized spacial score (nSPS) is 10.6. The maximum Gasteiger partial charge on any atom is 0.180 e. The molecule has 0 aliphatic rings. The van der Waals surface area contributed by atoms with Crippen LogP contribution in [0.2, 0.25) is 0 Å². The molecule has 2 aromatic heterocycles. The van der Waals surface area contributed by atoms with E-state index in [4.69, 9.17) is 5.73 Å². The Balaban J connectivity index is 0.000000187. The van der Waals surface area contributed by atoms with Crippen molar-refractivity contribution in [1.82, 2.24) is 9.97 Å². The van der Waals surface area contributed by atoms with E-state index in [1.807, 2.05) is 10.8 Å². The minimum Gasteiger partial charge on any atom is -0.375 e. The highest BCUT2D eigenvalue weighted by molar-refractivity contribution is 7.13. The number of rotatable bonds is 0. The number of nitrogen functional groups attached to an aromatic ring is 1. The summed E-state index contributed by atoms with van der Waals surface area (Å²) in [5.41, 5.74) is 8.49. The summed E-state index contributed by atoms with van der Waals surface area (Å²) in [6, 6.07) is 0. The highest BCUT2D eigenvalue weighted by Gasteiger charge is 2.16. The van der Waals surface area contributed by atoms with Crippen LogP contribution < -0.4 is 5.73 Å². The van der Waals surface area contributed by atoms with Crippen molar-refractivity contribution in [2.45, 2.75) is 26.2 Å². The first-order valence-electron chi connectivity index (χ1n) is 4.54. The van der Waals surface area contributed by atoms with E-state index in [1.165, 1.54) is 11.3 Å². The molecular weight excluding hydrogens is 226 g/mol. The number of hydrogen-bond donors (Lipinski definition) is 1.